The standard InChI is InChI=1S/C19H19N3OS/c1-14-17(24-19(22-14)16-8-5-10-20-13-16)9-11-21-18(23)12-15-6-3-2-4-7-15/h2-8,10,13H,9,11-12H2,1H3,(H,21,23). The highest BCUT2D eigenvalue weighted by molar-refractivity contribution is 7.15. The lowest BCUT2D eigenvalue weighted by Gasteiger charge is -2.04. The smallest absolute Gasteiger partial charge is 0.224 e. The molecule has 2 aromatic heterocycles. The molecule has 0 radical (unpaired) electrons. The third-order valence-electron chi connectivity index (χ3n) is 3.68. The highest BCUT2D eigenvalue weighted by Crippen LogP contribution is 2.27. The lowest BCUT2D eigenvalue weighted by atomic mass is 10.1. The molecule has 0 aliphatic heterocycles. The van der Waals surface area contributed by atoms with Crippen LogP contribution in [-0.2, 0) is 17.6 Å². The van der Waals surface area contributed by atoms with E-state index in [1.54, 1.807) is 17.5 Å². The summed E-state index contributed by atoms with van der Waals surface area (Å²) in [7, 11) is 0. The molecule has 0 saturated carbocycles. The van der Waals surface area contributed by atoms with E-state index in [4.69, 9.17) is 0 Å². The molecule has 0 atom stereocenters. The van der Waals surface area contributed by atoms with Gasteiger partial charge in [-0.3, -0.25) is 9.78 Å². The van der Waals surface area contributed by atoms with Crippen LogP contribution >= 0.6 is 11.3 Å². The van der Waals surface area contributed by atoms with Gasteiger partial charge in [0.15, 0.2) is 0 Å². The molecule has 1 N–H and O–H groups in total. The zero-order valence-electron chi connectivity index (χ0n) is 13.5. The number of aromatic nitrogens is 2. The van der Waals surface area contributed by atoms with E-state index in [0.29, 0.717) is 13.0 Å². The van der Waals surface area contributed by atoms with Crippen LogP contribution in [0.5, 0.6) is 0 Å². The zero-order valence-corrected chi connectivity index (χ0v) is 14.3. The van der Waals surface area contributed by atoms with Crippen LogP contribution in [0.25, 0.3) is 10.6 Å². The number of benzene rings is 1. The molecule has 2 heterocycles. The minimum Gasteiger partial charge on any atom is -0.355 e. The van der Waals surface area contributed by atoms with Crippen molar-refractivity contribution in [2.75, 3.05) is 6.54 Å². The van der Waals surface area contributed by atoms with Crippen molar-refractivity contribution in [2.24, 2.45) is 0 Å². The Hall–Kier alpha value is -2.53. The third-order valence-corrected chi connectivity index (χ3v) is 4.95. The monoisotopic (exact) mass is 337 g/mol. The van der Waals surface area contributed by atoms with Gasteiger partial charge in [0.25, 0.3) is 0 Å². The van der Waals surface area contributed by atoms with E-state index in [1.165, 1.54) is 4.88 Å². The van der Waals surface area contributed by atoms with E-state index in [-0.39, 0.29) is 5.91 Å². The van der Waals surface area contributed by atoms with E-state index >= 15 is 0 Å². The Bertz CT molecular complexity index is 800. The summed E-state index contributed by atoms with van der Waals surface area (Å²) < 4.78 is 0. The first-order chi connectivity index (χ1) is 11.7. The van der Waals surface area contributed by atoms with Crippen LogP contribution < -0.4 is 5.32 Å². The van der Waals surface area contributed by atoms with Crippen molar-refractivity contribution in [3.63, 3.8) is 0 Å². The number of hydrogen-bond acceptors (Lipinski definition) is 4. The van der Waals surface area contributed by atoms with Crippen LogP contribution in [0.3, 0.4) is 0 Å². The Morgan fingerprint density at radius 1 is 1.17 bits per heavy atom. The second-order valence-electron chi connectivity index (χ2n) is 5.53. The van der Waals surface area contributed by atoms with Gasteiger partial charge in [-0.2, -0.15) is 0 Å². The first kappa shape index (κ1) is 16.3. The first-order valence-electron chi connectivity index (χ1n) is 7.89. The largest absolute Gasteiger partial charge is 0.355 e. The molecule has 0 spiro atoms. The summed E-state index contributed by atoms with van der Waals surface area (Å²) in [5, 5.41) is 3.96. The fraction of sp³-hybridized carbons (Fsp3) is 0.211. The summed E-state index contributed by atoms with van der Waals surface area (Å²) in [5.74, 6) is 0.0517. The highest BCUT2D eigenvalue weighted by atomic mass is 32.1. The summed E-state index contributed by atoms with van der Waals surface area (Å²) >= 11 is 1.67. The van der Waals surface area contributed by atoms with Gasteiger partial charge in [-0.15, -0.1) is 11.3 Å². The fourth-order valence-electron chi connectivity index (χ4n) is 2.43. The molecule has 5 heteroatoms. The lowest BCUT2D eigenvalue weighted by molar-refractivity contribution is -0.120. The quantitative estimate of drug-likeness (QED) is 0.750. The van der Waals surface area contributed by atoms with E-state index in [9.17, 15) is 4.79 Å². The van der Waals surface area contributed by atoms with Crippen molar-refractivity contribution < 1.29 is 4.79 Å². The number of rotatable bonds is 6. The molecular weight excluding hydrogens is 318 g/mol. The molecule has 0 saturated heterocycles. The molecule has 1 aromatic carbocycles. The number of hydrogen-bond donors (Lipinski definition) is 1. The maximum absolute atomic E-state index is 12.0. The third kappa shape index (κ3) is 4.26. The summed E-state index contributed by atoms with van der Waals surface area (Å²) in [6, 6.07) is 13.7. The Morgan fingerprint density at radius 2 is 2.00 bits per heavy atom. The molecule has 0 fully saturated rings. The van der Waals surface area contributed by atoms with Gasteiger partial charge in [-0.25, -0.2) is 4.98 Å². The van der Waals surface area contributed by atoms with Gasteiger partial charge in [-0.1, -0.05) is 30.3 Å². The molecule has 3 rings (SSSR count). The number of nitrogens with zero attached hydrogens (tertiary/aromatic N) is 2. The van der Waals surface area contributed by atoms with Crippen LogP contribution in [-0.4, -0.2) is 22.4 Å². The second kappa shape index (κ2) is 7.84. The number of carbonyl (C=O) groups is 1. The van der Waals surface area contributed by atoms with Crippen molar-refractivity contribution in [3.05, 3.63) is 71.0 Å². The molecule has 1 amide bonds. The molecular formula is C19H19N3OS. The van der Waals surface area contributed by atoms with Crippen LogP contribution in [0, 0.1) is 6.92 Å². The van der Waals surface area contributed by atoms with Gasteiger partial charge in [-0.05, 0) is 24.6 Å². The van der Waals surface area contributed by atoms with E-state index < -0.39 is 0 Å². The molecule has 4 nitrogen and oxygen atoms in total. The van der Waals surface area contributed by atoms with E-state index in [2.05, 4.69) is 15.3 Å². The van der Waals surface area contributed by atoms with Crippen molar-refractivity contribution in [1.82, 2.24) is 15.3 Å². The number of nitrogens with one attached hydrogen (secondary N) is 1. The van der Waals surface area contributed by atoms with Crippen molar-refractivity contribution >= 4 is 17.2 Å². The lowest BCUT2D eigenvalue weighted by Crippen LogP contribution is -2.27. The minimum atomic E-state index is 0.0517. The Kier molecular flexibility index (Phi) is 5.33. The van der Waals surface area contributed by atoms with Crippen molar-refractivity contribution in [2.45, 2.75) is 19.8 Å². The zero-order chi connectivity index (χ0) is 16.8. The van der Waals surface area contributed by atoms with E-state index in [1.807, 2.05) is 55.6 Å². The number of thiazole rings is 1. The second-order valence-corrected chi connectivity index (χ2v) is 6.62. The summed E-state index contributed by atoms with van der Waals surface area (Å²) in [4.78, 5) is 21.9. The van der Waals surface area contributed by atoms with Gasteiger partial charge in [0.05, 0.1) is 12.1 Å². The Balaban J connectivity index is 1.54. The van der Waals surface area contributed by atoms with Gasteiger partial charge < -0.3 is 5.32 Å². The van der Waals surface area contributed by atoms with Gasteiger partial charge in [0.2, 0.25) is 5.91 Å². The molecule has 0 unspecified atom stereocenters. The summed E-state index contributed by atoms with van der Waals surface area (Å²) in [5.41, 5.74) is 3.09. The summed E-state index contributed by atoms with van der Waals surface area (Å²) in [6.45, 7) is 2.64. The average Bonchev–Trinajstić information content (AvgIpc) is 2.98. The SMILES string of the molecule is Cc1nc(-c2cccnc2)sc1CCNC(=O)Cc1ccccc1. The van der Waals surface area contributed by atoms with Crippen LogP contribution in [0.2, 0.25) is 0 Å². The Labute approximate surface area is 145 Å². The maximum atomic E-state index is 12.0. The predicted molar refractivity (Wildman–Crippen MR) is 96.9 cm³/mol. The maximum Gasteiger partial charge on any atom is 0.224 e. The van der Waals surface area contributed by atoms with Crippen LogP contribution in [0.4, 0.5) is 0 Å². The number of aryl methyl sites for hydroxylation is 1. The molecule has 0 bridgehead atoms. The highest BCUT2D eigenvalue weighted by Gasteiger charge is 2.10. The topological polar surface area (TPSA) is 54.9 Å². The number of pyridine rings is 1. The summed E-state index contributed by atoms with van der Waals surface area (Å²) in [6.07, 6.45) is 4.80. The van der Waals surface area contributed by atoms with Gasteiger partial charge in [0, 0.05) is 35.8 Å². The van der Waals surface area contributed by atoms with Crippen molar-refractivity contribution in [3.8, 4) is 10.6 Å². The molecule has 0 aliphatic rings. The van der Waals surface area contributed by atoms with Crippen molar-refractivity contribution in [1.29, 1.82) is 0 Å². The number of carbonyl (C=O) groups excluding carboxylic acids is 1. The molecule has 24 heavy (non-hydrogen) atoms. The first-order valence-corrected chi connectivity index (χ1v) is 8.71. The predicted octanol–water partition coefficient (Wildman–Crippen LogP) is 3.41. The van der Waals surface area contributed by atoms with Gasteiger partial charge >= 0.3 is 0 Å². The normalized spacial score (nSPS) is 10.5. The Morgan fingerprint density at radius 3 is 2.75 bits per heavy atom. The average molecular weight is 337 g/mol. The van der Waals surface area contributed by atoms with E-state index in [0.717, 1.165) is 28.2 Å². The number of amides is 1. The van der Waals surface area contributed by atoms with Gasteiger partial charge in [0.1, 0.15) is 5.01 Å². The van der Waals surface area contributed by atoms with Crippen LogP contribution in [0.1, 0.15) is 16.1 Å². The fourth-order valence-corrected chi connectivity index (χ4v) is 3.48. The molecule has 3 aromatic rings. The molecule has 122 valence electrons. The molecule has 0 aliphatic carbocycles. The van der Waals surface area contributed by atoms with Crippen LogP contribution in [0.15, 0.2) is 54.9 Å². The minimum absolute atomic E-state index is 0.0517.